The highest BCUT2D eigenvalue weighted by atomic mass is 14.4. The van der Waals surface area contributed by atoms with E-state index >= 15 is 0 Å². The van der Waals surface area contributed by atoms with Crippen LogP contribution in [0.2, 0.25) is 0 Å². The Balaban J connectivity index is 1.63. The normalized spacial score (nSPS) is 14.7. The Kier molecular flexibility index (Phi) is 5.02. The zero-order chi connectivity index (χ0) is 25.2. The lowest BCUT2D eigenvalue weighted by Gasteiger charge is -2.20. The Morgan fingerprint density at radius 2 is 0.611 bits per heavy atom. The fourth-order valence-electron chi connectivity index (χ4n) is 5.77. The summed E-state index contributed by atoms with van der Waals surface area (Å²) in [5.41, 5.74) is 16.4. The highest BCUT2D eigenvalue weighted by Crippen LogP contribution is 2.58. The maximum Gasteiger partial charge on any atom is -0.000763 e. The van der Waals surface area contributed by atoms with Crippen molar-refractivity contribution in [1.29, 1.82) is 0 Å². The second-order valence-electron chi connectivity index (χ2n) is 12.2. The second-order valence-corrected chi connectivity index (χ2v) is 12.2. The third-order valence-electron chi connectivity index (χ3n) is 7.76. The molecule has 0 N–H and O–H groups in total. The van der Waals surface area contributed by atoms with Crippen LogP contribution in [0.4, 0.5) is 0 Å². The van der Waals surface area contributed by atoms with Crippen molar-refractivity contribution in [2.75, 3.05) is 0 Å². The van der Waals surface area contributed by atoms with Crippen LogP contribution in [0.15, 0.2) is 97.1 Å². The van der Waals surface area contributed by atoms with E-state index in [0.717, 1.165) is 0 Å². The molecule has 0 radical (unpaired) electrons. The molecule has 2 aliphatic carbocycles. The fraction of sp³-hybridized carbons (Fsp3) is 0.222. The van der Waals surface area contributed by atoms with Gasteiger partial charge in [-0.05, 0) is 77.6 Å². The van der Waals surface area contributed by atoms with E-state index in [1.54, 1.807) is 0 Å². The molecule has 0 nitrogen and oxygen atoms in total. The van der Waals surface area contributed by atoms with E-state index in [4.69, 9.17) is 0 Å². The number of rotatable bonds is 2. The summed E-state index contributed by atoms with van der Waals surface area (Å²) < 4.78 is 0. The van der Waals surface area contributed by atoms with E-state index in [2.05, 4.69) is 139 Å². The average molecular weight is 467 g/mol. The Bertz CT molecular complexity index is 1420. The summed E-state index contributed by atoms with van der Waals surface area (Å²) in [6, 6.07) is 36.4. The molecule has 0 heterocycles. The van der Waals surface area contributed by atoms with Gasteiger partial charge in [0.25, 0.3) is 0 Å². The lowest BCUT2D eigenvalue weighted by molar-refractivity contribution is 0.590. The molecule has 0 heteroatoms. The summed E-state index contributed by atoms with van der Waals surface area (Å²) in [7, 11) is 0. The van der Waals surface area contributed by atoms with Crippen molar-refractivity contribution < 1.29 is 0 Å². The van der Waals surface area contributed by atoms with Crippen LogP contribution >= 0.6 is 0 Å². The van der Waals surface area contributed by atoms with E-state index < -0.39 is 0 Å². The summed E-state index contributed by atoms with van der Waals surface area (Å²) >= 11 is 0. The van der Waals surface area contributed by atoms with E-state index in [0.29, 0.717) is 0 Å². The topological polar surface area (TPSA) is 0 Å². The molecular weight excluding hydrogens is 432 g/mol. The number of benzene rings is 4. The van der Waals surface area contributed by atoms with Gasteiger partial charge in [0.05, 0.1) is 0 Å². The van der Waals surface area contributed by atoms with E-state index in [-0.39, 0.29) is 10.8 Å². The first kappa shape index (κ1) is 22.8. The predicted octanol–water partition coefficient (Wildman–Crippen LogP) is 9.53. The Labute approximate surface area is 216 Å². The predicted molar refractivity (Wildman–Crippen MR) is 155 cm³/mol. The van der Waals surface area contributed by atoms with Crippen LogP contribution in [-0.4, -0.2) is 0 Å². The summed E-state index contributed by atoms with van der Waals surface area (Å²) in [5, 5.41) is 0. The summed E-state index contributed by atoms with van der Waals surface area (Å²) in [6.07, 6.45) is 0. The molecule has 0 saturated carbocycles. The van der Waals surface area contributed by atoms with E-state index in [1.807, 2.05) is 0 Å². The standard InChI is InChI=1S/C36H34/c1-35(2,3)25-19-15-23(16-20-25)31-27-11-7-9-13-29(27)34-32(28-12-8-10-14-30(28)33(31)34)24-17-21-26(22-18-24)36(4,5)6/h7-22H,1-6H3. The van der Waals surface area contributed by atoms with Crippen molar-refractivity contribution in [1.82, 2.24) is 0 Å². The lowest BCUT2D eigenvalue weighted by atomic mass is 9.85. The molecule has 4 aromatic rings. The van der Waals surface area contributed by atoms with Crippen LogP contribution in [0.5, 0.6) is 0 Å². The maximum atomic E-state index is 2.32. The summed E-state index contributed by atoms with van der Waals surface area (Å²) in [5.74, 6) is 0. The zero-order valence-electron chi connectivity index (χ0n) is 22.2. The first-order chi connectivity index (χ1) is 17.1. The highest BCUT2D eigenvalue weighted by molar-refractivity contribution is 6.35. The minimum atomic E-state index is 0.140. The van der Waals surface area contributed by atoms with Crippen molar-refractivity contribution in [2.45, 2.75) is 52.4 Å². The first-order valence-electron chi connectivity index (χ1n) is 13.0. The van der Waals surface area contributed by atoms with Gasteiger partial charge in [-0.15, -0.1) is 0 Å². The molecule has 0 aliphatic heterocycles. The molecule has 0 amide bonds. The van der Waals surface area contributed by atoms with E-state index in [9.17, 15) is 0 Å². The molecule has 0 bridgehead atoms. The molecular formula is C36H34. The minimum absolute atomic E-state index is 0.140. The van der Waals surface area contributed by atoms with Crippen molar-refractivity contribution in [3.05, 3.63) is 142 Å². The van der Waals surface area contributed by atoms with Crippen molar-refractivity contribution in [3.63, 3.8) is 0 Å². The molecule has 0 spiro atoms. The van der Waals surface area contributed by atoms with Gasteiger partial charge in [-0.1, -0.05) is 139 Å². The minimum Gasteiger partial charge on any atom is -0.0616 e. The Morgan fingerprint density at radius 1 is 0.333 bits per heavy atom. The number of allylic oxidation sites excluding steroid dienone is 2. The molecule has 0 fully saturated rings. The fourth-order valence-corrected chi connectivity index (χ4v) is 5.77. The summed E-state index contributed by atoms with van der Waals surface area (Å²) in [4.78, 5) is 0. The van der Waals surface area contributed by atoms with Gasteiger partial charge in [-0.25, -0.2) is 0 Å². The van der Waals surface area contributed by atoms with Crippen LogP contribution in [0.1, 0.15) is 86.1 Å². The van der Waals surface area contributed by atoms with Gasteiger partial charge in [0, 0.05) is 0 Å². The van der Waals surface area contributed by atoms with Crippen LogP contribution in [0, 0.1) is 0 Å². The van der Waals surface area contributed by atoms with Gasteiger partial charge in [0.15, 0.2) is 0 Å². The molecule has 2 aliphatic rings. The molecule has 4 aromatic carbocycles. The zero-order valence-corrected chi connectivity index (χ0v) is 22.2. The van der Waals surface area contributed by atoms with E-state index in [1.165, 1.54) is 66.8 Å². The van der Waals surface area contributed by atoms with Gasteiger partial charge in [0.2, 0.25) is 0 Å². The average Bonchev–Trinajstić information content (AvgIpc) is 3.36. The van der Waals surface area contributed by atoms with Gasteiger partial charge in [0.1, 0.15) is 0 Å². The smallest absolute Gasteiger partial charge is 0.000763 e. The van der Waals surface area contributed by atoms with Gasteiger partial charge in [-0.2, -0.15) is 0 Å². The molecule has 0 saturated heterocycles. The van der Waals surface area contributed by atoms with Crippen molar-refractivity contribution in [3.8, 4) is 0 Å². The number of hydrogen-bond acceptors (Lipinski definition) is 0. The third-order valence-corrected chi connectivity index (χ3v) is 7.76. The SMILES string of the molecule is CC(C)(C)c1ccc(C2=C3C(=C(c4ccc(C(C)(C)C)cc4)c4ccccc43)c3ccccc32)cc1. The first-order valence-corrected chi connectivity index (χ1v) is 13.0. The largest absolute Gasteiger partial charge is 0.0616 e. The van der Waals surface area contributed by atoms with Gasteiger partial charge >= 0.3 is 0 Å². The second kappa shape index (κ2) is 7.93. The summed E-state index contributed by atoms with van der Waals surface area (Å²) in [6.45, 7) is 13.7. The van der Waals surface area contributed by atoms with Gasteiger partial charge < -0.3 is 0 Å². The van der Waals surface area contributed by atoms with Crippen molar-refractivity contribution >= 4 is 22.3 Å². The molecule has 36 heavy (non-hydrogen) atoms. The lowest BCUT2D eigenvalue weighted by Crippen LogP contribution is -2.10. The van der Waals surface area contributed by atoms with Gasteiger partial charge in [-0.3, -0.25) is 0 Å². The molecule has 178 valence electrons. The quantitative estimate of drug-likeness (QED) is 0.276. The maximum absolute atomic E-state index is 2.32. The third kappa shape index (κ3) is 3.51. The Hall–Kier alpha value is -3.64. The van der Waals surface area contributed by atoms with Crippen LogP contribution < -0.4 is 0 Å². The Morgan fingerprint density at radius 3 is 0.889 bits per heavy atom. The molecule has 6 rings (SSSR count). The highest BCUT2D eigenvalue weighted by Gasteiger charge is 2.37. The molecule has 0 unspecified atom stereocenters. The molecule has 0 aromatic heterocycles. The van der Waals surface area contributed by atoms with Crippen molar-refractivity contribution in [2.24, 2.45) is 0 Å². The molecule has 0 atom stereocenters. The van der Waals surface area contributed by atoms with Crippen LogP contribution in [0.3, 0.4) is 0 Å². The number of hydrogen-bond donors (Lipinski definition) is 0. The van der Waals surface area contributed by atoms with Crippen LogP contribution in [0.25, 0.3) is 22.3 Å². The number of fused-ring (bicyclic) bond motifs is 5. The monoisotopic (exact) mass is 466 g/mol. The van der Waals surface area contributed by atoms with Crippen LogP contribution in [-0.2, 0) is 10.8 Å².